The number of nitrogens with zero attached hydrogens (tertiary/aromatic N) is 1. The van der Waals surface area contributed by atoms with Gasteiger partial charge in [-0.1, -0.05) is 32.9 Å². The van der Waals surface area contributed by atoms with Crippen LogP contribution in [0.25, 0.3) is 6.08 Å². The van der Waals surface area contributed by atoms with E-state index >= 15 is 0 Å². The molecular formula is C22H31NO2. The molecular weight excluding hydrogens is 310 g/mol. The molecule has 3 nitrogen and oxygen atoms in total. The molecule has 0 N–H and O–H groups in total. The molecule has 1 aliphatic carbocycles. The second-order valence-electron chi connectivity index (χ2n) is 9.25. The van der Waals surface area contributed by atoms with Crippen molar-refractivity contribution >= 4 is 12.0 Å². The van der Waals surface area contributed by atoms with Gasteiger partial charge in [-0.3, -0.25) is 4.79 Å². The zero-order valence-electron chi connectivity index (χ0n) is 16.2. The standard InChI is InChI=1S/C22H31NO2/c1-16(2)25-19-8-6-7-17(11-19)9-10-20(24)23-15-22(5)13-18(23)12-21(3,4)14-22/h6-11,16,18H,12-15H2,1-5H3/b10-9+. The minimum absolute atomic E-state index is 0.140. The monoisotopic (exact) mass is 341 g/mol. The molecule has 2 fully saturated rings. The molecule has 1 heterocycles. The van der Waals surface area contributed by atoms with Gasteiger partial charge in [-0.05, 0) is 67.7 Å². The van der Waals surface area contributed by atoms with E-state index in [1.807, 2.05) is 44.2 Å². The van der Waals surface area contributed by atoms with Crippen LogP contribution in [0.3, 0.4) is 0 Å². The van der Waals surface area contributed by atoms with E-state index in [1.54, 1.807) is 6.08 Å². The Labute approximate surface area is 152 Å². The number of fused-ring (bicyclic) bond motifs is 2. The highest BCUT2D eigenvalue weighted by Gasteiger charge is 2.50. The first-order valence-electron chi connectivity index (χ1n) is 9.41. The van der Waals surface area contributed by atoms with Crippen LogP contribution >= 0.6 is 0 Å². The molecule has 3 heteroatoms. The second kappa shape index (κ2) is 6.51. The van der Waals surface area contributed by atoms with Crippen molar-refractivity contribution < 1.29 is 9.53 Å². The SMILES string of the molecule is CC(C)Oc1cccc(/C=C/C(=O)N2CC3(C)CC2CC(C)(C)C3)c1. The van der Waals surface area contributed by atoms with E-state index in [1.165, 1.54) is 6.42 Å². The van der Waals surface area contributed by atoms with Gasteiger partial charge in [-0.25, -0.2) is 0 Å². The van der Waals surface area contributed by atoms with E-state index in [4.69, 9.17) is 4.74 Å². The van der Waals surface area contributed by atoms with Gasteiger partial charge in [0.2, 0.25) is 5.91 Å². The highest BCUT2D eigenvalue weighted by atomic mass is 16.5. The molecule has 1 aromatic carbocycles. The summed E-state index contributed by atoms with van der Waals surface area (Å²) in [5.41, 5.74) is 1.61. The number of hydrogen-bond acceptors (Lipinski definition) is 2. The Morgan fingerprint density at radius 3 is 2.76 bits per heavy atom. The Hall–Kier alpha value is -1.77. The molecule has 1 amide bonds. The molecule has 1 aromatic rings. The van der Waals surface area contributed by atoms with Gasteiger partial charge in [0.1, 0.15) is 5.75 Å². The zero-order chi connectivity index (χ0) is 18.2. The van der Waals surface area contributed by atoms with E-state index in [9.17, 15) is 4.79 Å². The van der Waals surface area contributed by atoms with Crippen LogP contribution in [0.2, 0.25) is 0 Å². The van der Waals surface area contributed by atoms with Gasteiger partial charge in [-0.2, -0.15) is 0 Å². The molecule has 25 heavy (non-hydrogen) atoms. The predicted molar refractivity (Wildman–Crippen MR) is 102 cm³/mol. The van der Waals surface area contributed by atoms with Crippen molar-refractivity contribution in [1.29, 1.82) is 0 Å². The smallest absolute Gasteiger partial charge is 0.246 e. The molecule has 2 unspecified atom stereocenters. The van der Waals surface area contributed by atoms with E-state index in [2.05, 4.69) is 25.7 Å². The third kappa shape index (κ3) is 4.26. The number of carbonyl (C=O) groups is 1. The fraction of sp³-hybridized carbons (Fsp3) is 0.591. The molecule has 0 radical (unpaired) electrons. The predicted octanol–water partition coefficient (Wildman–Crippen LogP) is 4.91. The van der Waals surface area contributed by atoms with Crippen LogP contribution in [0.5, 0.6) is 5.75 Å². The summed E-state index contributed by atoms with van der Waals surface area (Å²) in [6, 6.07) is 8.29. The van der Waals surface area contributed by atoms with Crippen molar-refractivity contribution in [2.24, 2.45) is 10.8 Å². The maximum Gasteiger partial charge on any atom is 0.246 e. The summed E-state index contributed by atoms with van der Waals surface area (Å²) in [5.74, 6) is 0.984. The summed E-state index contributed by atoms with van der Waals surface area (Å²) < 4.78 is 5.73. The number of rotatable bonds is 4. The Morgan fingerprint density at radius 1 is 1.28 bits per heavy atom. The van der Waals surface area contributed by atoms with Crippen molar-refractivity contribution in [2.45, 2.75) is 66.0 Å². The molecule has 1 aliphatic heterocycles. The van der Waals surface area contributed by atoms with Crippen molar-refractivity contribution in [2.75, 3.05) is 6.54 Å². The van der Waals surface area contributed by atoms with Gasteiger partial charge >= 0.3 is 0 Å². The molecule has 3 rings (SSSR count). The third-order valence-electron chi connectivity index (χ3n) is 5.35. The van der Waals surface area contributed by atoms with Crippen molar-refractivity contribution in [3.63, 3.8) is 0 Å². The van der Waals surface area contributed by atoms with Crippen LogP contribution in [0.15, 0.2) is 30.3 Å². The number of amides is 1. The van der Waals surface area contributed by atoms with Crippen LogP contribution in [0, 0.1) is 10.8 Å². The summed E-state index contributed by atoms with van der Waals surface area (Å²) in [7, 11) is 0. The van der Waals surface area contributed by atoms with Crippen LogP contribution in [-0.2, 0) is 4.79 Å². The summed E-state index contributed by atoms with van der Waals surface area (Å²) in [4.78, 5) is 14.9. The average molecular weight is 341 g/mol. The molecule has 1 saturated carbocycles. The van der Waals surface area contributed by atoms with Gasteiger partial charge in [-0.15, -0.1) is 0 Å². The Bertz CT molecular complexity index is 676. The van der Waals surface area contributed by atoms with E-state index < -0.39 is 0 Å². The summed E-state index contributed by atoms with van der Waals surface area (Å²) in [6.07, 6.45) is 7.25. The Morgan fingerprint density at radius 2 is 2.04 bits per heavy atom. The first-order chi connectivity index (χ1) is 11.7. The average Bonchev–Trinajstić information content (AvgIpc) is 2.73. The van der Waals surface area contributed by atoms with Gasteiger partial charge in [0, 0.05) is 18.7 Å². The number of likely N-dealkylation sites (tertiary alicyclic amines) is 1. The first kappa shape index (κ1) is 18.0. The van der Waals surface area contributed by atoms with Gasteiger partial charge < -0.3 is 9.64 Å². The van der Waals surface area contributed by atoms with Gasteiger partial charge in [0.05, 0.1) is 6.10 Å². The van der Waals surface area contributed by atoms with Gasteiger partial charge in [0.25, 0.3) is 0 Å². The molecule has 0 aromatic heterocycles. The normalized spacial score (nSPS) is 27.9. The van der Waals surface area contributed by atoms with Crippen LogP contribution < -0.4 is 4.74 Å². The summed E-state index contributed by atoms with van der Waals surface area (Å²) >= 11 is 0. The van der Waals surface area contributed by atoms with Crippen LogP contribution in [-0.4, -0.2) is 29.5 Å². The highest BCUT2D eigenvalue weighted by Crippen LogP contribution is 2.52. The van der Waals surface area contributed by atoms with E-state index in [0.717, 1.165) is 30.7 Å². The summed E-state index contributed by atoms with van der Waals surface area (Å²) in [6.45, 7) is 11.9. The fourth-order valence-corrected chi connectivity index (χ4v) is 4.94. The molecule has 2 atom stereocenters. The minimum atomic E-state index is 0.140. The maximum atomic E-state index is 12.8. The lowest BCUT2D eigenvalue weighted by molar-refractivity contribution is -0.127. The number of benzene rings is 1. The minimum Gasteiger partial charge on any atom is -0.491 e. The fourth-order valence-electron chi connectivity index (χ4n) is 4.94. The van der Waals surface area contributed by atoms with Gasteiger partial charge in [0.15, 0.2) is 0 Å². The van der Waals surface area contributed by atoms with E-state index in [-0.39, 0.29) is 17.4 Å². The van der Waals surface area contributed by atoms with Crippen molar-refractivity contribution in [1.82, 2.24) is 4.90 Å². The quantitative estimate of drug-likeness (QED) is 0.728. The summed E-state index contributed by atoms with van der Waals surface area (Å²) in [5, 5.41) is 0. The van der Waals surface area contributed by atoms with Crippen LogP contribution in [0.1, 0.15) is 59.4 Å². The Kier molecular flexibility index (Phi) is 4.70. The lowest BCUT2D eigenvalue weighted by Gasteiger charge is -2.39. The number of ether oxygens (including phenoxy) is 1. The molecule has 0 spiro atoms. The number of hydrogen-bond donors (Lipinski definition) is 0. The highest BCUT2D eigenvalue weighted by molar-refractivity contribution is 5.92. The molecule has 1 saturated heterocycles. The largest absolute Gasteiger partial charge is 0.491 e. The van der Waals surface area contributed by atoms with Crippen molar-refractivity contribution in [3.8, 4) is 5.75 Å². The second-order valence-corrected chi connectivity index (χ2v) is 9.25. The lowest BCUT2D eigenvalue weighted by Crippen LogP contribution is -2.36. The lowest BCUT2D eigenvalue weighted by atomic mass is 9.65. The molecule has 2 bridgehead atoms. The third-order valence-corrected chi connectivity index (χ3v) is 5.35. The van der Waals surface area contributed by atoms with E-state index in [0.29, 0.717) is 11.5 Å². The van der Waals surface area contributed by atoms with Crippen molar-refractivity contribution in [3.05, 3.63) is 35.9 Å². The molecule has 136 valence electrons. The van der Waals surface area contributed by atoms with Crippen LogP contribution in [0.4, 0.5) is 0 Å². The maximum absolute atomic E-state index is 12.8. The Balaban J connectivity index is 1.70. The first-order valence-corrected chi connectivity index (χ1v) is 9.41. The molecule has 2 aliphatic rings. The zero-order valence-corrected chi connectivity index (χ0v) is 16.2. The topological polar surface area (TPSA) is 29.5 Å². The number of carbonyl (C=O) groups excluding carboxylic acids is 1.